The lowest BCUT2D eigenvalue weighted by molar-refractivity contribution is 0.386. The second-order valence-electron chi connectivity index (χ2n) is 5.89. The quantitative estimate of drug-likeness (QED) is 0.795. The van der Waals surface area contributed by atoms with E-state index in [4.69, 9.17) is 0 Å². The van der Waals surface area contributed by atoms with Gasteiger partial charge in [-0.15, -0.1) is 0 Å². The van der Waals surface area contributed by atoms with Crippen LogP contribution < -0.4 is 10.2 Å². The van der Waals surface area contributed by atoms with E-state index in [1.165, 1.54) is 16.5 Å². The summed E-state index contributed by atoms with van der Waals surface area (Å²) in [6.45, 7) is 2.22. The van der Waals surface area contributed by atoms with Crippen molar-refractivity contribution in [1.82, 2.24) is 5.32 Å². The Morgan fingerprint density at radius 2 is 1.80 bits per heavy atom. The number of hydrogen-bond acceptors (Lipinski definition) is 2. The Morgan fingerprint density at radius 3 is 2.75 bits per heavy atom. The molecule has 2 atom stereocenters. The summed E-state index contributed by atoms with van der Waals surface area (Å²) in [5.74, 6) is 0. The Labute approximate surface area is 120 Å². The molecule has 0 unspecified atom stereocenters. The molecule has 3 aliphatic heterocycles. The first-order valence-electron chi connectivity index (χ1n) is 7.54. The smallest absolute Gasteiger partial charge is 0.0449 e. The molecule has 2 aromatic rings. The molecular formula is C18H20N2. The predicted octanol–water partition coefficient (Wildman–Crippen LogP) is 3.34. The minimum Gasteiger partial charge on any atom is -0.365 e. The molecule has 2 aromatic carbocycles. The molecule has 0 saturated carbocycles. The third-order valence-corrected chi connectivity index (χ3v) is 4.56. The number of nitrogens with one attached hydrogen (secondary N) is 1. The Bertz CT molecular complexity index is 647. The summed E-state index contributed by atoms with van der Waals surface area (Å²) in [5, 5.41) is 6.33. The molecule has 1 N–H and O–H groups in total. The number of piperazine rings is 1. The van der Waals surface area contributed by atoms with E-state index >= 15 is 0 Å². The van der Waals surface area contributed by atoms with Gasteiger partial charge in [0.1, 0.15) is 0 Å². The Morgan fingerprint density at radius 1 is 0.950 bits per heavy atom. The van der Waals surface area contributed by atoms with Gasteiger partial charge in [0.05, 0.1) is 0 Å². The van der Waals surface area contributed by atoms with Crippen LogP contribution in [0.1, 0.15) is 12.8 Å². The van der Waals surface area contributed by atoms with E-state index < -0.39 is 0 Å². The van der Waals surface area contributed by atoms with Gasteiger partial charge in [0, 0.05) is 30.9 Å². The van der Waals surface area contributed by atoms with Crippen LogP contribution in [0.2, 0.25) is 0 Å². The van der Waals surface area contributed by atoms with Crippen LogP contribution in [0, 0.1) is 0 Å². The van der Waals surface area contributed by atoms with Gasteiger partial charge >= 0.3 is 0 Å². The summed E-state index contributed by atoms with van der Waals surface area (Å²) in [6, 6.07) is 16.7. The van der Waals surface area contributed by atoms with Gasteiger partial charge in [-0.1, -0.05) is 42.5 Å². The SMILES string of the molecule is C1=CC[C@@H]2CN[C@H](C1)CN2c1ccc2ccccc2c1. The molecule has 0 aromatic heterocycles. The zero-order chi connectivity index (χ0) is 13.4. The van der Waals surface area contributed by atoms with Crippen LogP contribution in [-0.2, 0) is 0 Å². The molecule has 0 aliphatic carbocycles. The highest BCUT2D eigenvalue weighted by Gasteiger charge is 2.28. The van der Waals surface area contributed by atoms with Crippen molar-refractivity contribution in [2.75, 3.05) is 18.0 Å². The van der Waals surface area contributed by atoms with Crippen LogP contribution in [-0.4, -0.2) is 25.2 Å². The van der Waals surface area contributed by atoms with Gasteiger partial charge in [0.25, 0.3) is 0 Å². The summed E-state index contributed by atoms with van der Waals surface area (Å²) >= 11 is 0. The molecule has 0 spiro atoms. The average molecular weight is 264 g/mol. The monoisotopic (exact) mass is 264 g/mol. The van der Waals surface area contributed by atoms with E-state index in [0.29, 0.717) is 12.1 Å². The molecule has 102 valence electrons. The van der Waals surface area contributed by atoms with Crippen LogP contribution in [0.3, 0.4) is 0 Å². The molecule has 5 rings (SSSR count). The number of fused-ring (bicyclic) bond motifs is 5. The van der Waals surface area contributed by atoms with E-state index in [1.54, 1.807) is 0 Å². The molecule has 2 nitrogen and oxygen atoms in total. The van der Waals surface area contributed by atoms with Gasteiger partial charge < -0.3 is 10.2 Å². The van der Waals surface area contributed by atoms with Crippen LogP contribution in [0.25, 0.3) is 10.8 Å². The van der Waals surface area contributed by atoms with E-state index in [2.05, 4.69) is 64.8 Å². The highest BCUT2D eigenvalue weighted by molar-refractivity contribution is 5.86. The number of anilines is 1. The first-order valence-corrected chi connectivity index (χ1v) is 7.54. The van der Waals surface area contributed by atoms with Crippen LogP contribution >= 0.6 is 0 Å². The van der Waals surface area contributed by atoms with Crippen molar-refractivity contribution in [3.8, 4) is 0 Å². The summed E-state index contributed by atoms with van der Waals surface area (Å²) in [7, 11) is 0. The van der Waals surface area contributed by atoms with Crippen molar-refractivity contribution in [2.45, 2.75) is 24.9 Å². The highest BCUT2D eigenvalue weighted by atomic mass is 15.2. The van der Waals surface area contributed by atoms with Crippen LogP contribution in [0.4, 0.5) is 5.69 Å². The zero-order valence-corrected chi connectivity index (χ0v) is 11.6. The van der Waals surface area contributed by atoms with Gasteiger partial charge in [0.2, 0.25) is 0 Å². The number of rotatable bonds is 1. The first kappa shape index (κ1) is 12.0. The highest BCUT2D eigenvalue weighted by Crippen LogP contribution is 2.27. The second-order valence-corrected chi connectivity index (χ2v) is 5.89. The third kappa shape index (κ3) is 2.10. The fourth-order valence-electron chi connectivity index (χ4n) is 3.42. The third-order valence-electron chi connectivity index (χ3n) is 4.56. The maximum atomic E-state index is 3.67. The van der Waals surface area contributed by atoms with Gasteiger partial charge in [-0.25, -0.2) is 0 Å². The molecular weight excluding hydrogens is 244 g/mol. The Balaban J connectivity index is 1.72. The van der Waals surface area contributed by atoms with Crippen LogP contribution in [0.15, 0.2) is 54.6 Å². The molecule has 1 fully saturated rings. The summed E-state index contributed by atoms with van der Waals surface area (Å²) in [4.78, 5) is 2.59. The molecule has 0 amide bonds. The largest absolute Gasteiger partial charge is 0.365 e. The van der Waals surface area contributed by atoms with Crippen LogP contribution in [0.5, 0.6) is 0 Å². The van der Waals surface area contributed by atoms with Crippen molar-refractivity contribution in [3.05, 3.63) is 54.6 Å². The lowest BCUT2D eigenvalue weighted by Crippen LogP contribution is -2.57. The minimum atomic E-state index is 0.587. The van der Waals surface area contributed by atoms with Crippen molar-refractivity contribution < 1.29 is 0 Å². The summed E-state index contributed by atoms with van der Waals surface area (Å²) in [5.41, 5.74) is 1.37. The van der Waals surface area contributed by atoms with Gasteiger partial charge in [-0.05, 0) is 35.7 Å². The normalized spacial score (nSPS) is 25.7. The van der Waals surface area contributed by atoms with Crippen molar-refractivity contribution in [1.29, 1.82) is 0 Å². The van der Waals surface area contributed by atoms with Crippen molar-refractivity contribution >= 4 is 16.5 Å². The summed E-state index contributed by atoms with van der Waals surface area (Å²) < 4.78 is 0. The molecule has 2 bridgehead atoms. The van der Waals surface area contributed by atoms with E-state index in [-0.39, 0.29) is 0 Å². The lowest BCUT2D eigenvalue weighted by Gasteiger charge is -2.42. The first-order chi connectivity index (χ1) is 9.90. The standard InChI is InChI=1S/C18H20N2/c1-2-6-15-11-17(10-9-14(15)5-1)20-13-16-7-3-4-8-18(20)12-19-16/h1-6,9-11,16,18-19H,7-8,12-13H2/t16-,18-/m1/s1. The Hall–Kier alpha value is -1.80. The number of benzene rings is 2. The molecule has 0 radical (unpaired) electrons. The van der Waals surface area contributed by atoms with E-state index in [0.717, 1.165) is 25.9 Å². The Kier molecular flexibility index (Phi) is 2.96. The van der Waals surface area contributed by atoms with Crippen molar-refractivity contribution in [3.63, 3.8) is 0 Å². The average Bonchev–Trinajstić information content (AvgIpc) is 2.47. The van der Waals surface area contributed by atoms with E-state index in [9.17, 15) is 0 Å². The molecule has 1 saturated heterocycles. The molecule has 3 aliphatic rings. The number of hydrogen-bond donors (Lipinski definition) is 1. The topological polar surface area (TPSA) is 15.3 Å². The van der Waals surface area contributed by atoms with Gasteiger partial charge in [0.15, 0.2) is 0 Å². The lowest BCUT2D eigenvalue weighted by atomic mass is 9.98. The summed E-state index contributed by atoms with van der Waals surface area (Å²) in [6.07, 6.45) is 6.98. The number of nitrogens with zero attached hydrogens (tertiary/aromatic N) is 1. The maximum Gasteiger partial charge on any atom is 0.0449 e. The second kappa shape index (κ2) is 4.95. The maximum absolute atomic E-state index is 3.67. The molecule has 20 heavy (non-hydrogen) atoms. The van der Waals surface area contributed by atoms with Gasteiger partial charge in [-0.3, -0.25) is 0 Å². The minimum absolute atomic E-state index is 0.587. The zero-order valence-electron chi connectivity index (χ0n) is 11.6. The predicted molar refractivity (Wildman–Crippen MR) is 85.2 cm³/mol. The van der Waals surface area contributed by atoms with E-state index in [1.807, 2.05) is 0 Å². The van der Waals surface area contributed by atoms with Crippen molar-refractivity contribution in [2.24, 2.45) is 0 Å². The fraction of sp³-hybridized carbons (Fsp3) is 0.333. The molecule has 3 heterocycles. The molecule has 2 heteroatoms. The fourth-order valence-corrected chi connectivity index (χ4v) is 3.42. The van der Waals surface area contributed by atoms with Gasteiger partial charge in [-0.2, -0.15) is 0 Å².